The van der Waals surface area contributed by atoms with Crippen LogP contribution < -0.4 is 11.1 Å². The summed E-state index contributed by atoms with van der Waals surface area (Å²) < 4.78 is 0. The van der Waals surface area contributed by atoms with E-state index in [2.05, 4.69) is 31.1 Å². The predicted molar refractivity (Wildman–Crippen MR) is 89.5 cm³/mol. The monoisotopic (exact) mass is 371 g/mol. The Labute approximate surface area is 129 Å². The van der Waals surface area contributed by atoms with E-state index in [1.807, 2.05) is 6.92 Å². The molecule has 0 spiro atoms. The molecule has 2 atom stereocenters. The third-order valence-corrected chi connectivity index (χ3v) is 2.82. The van der Waals surface area contributed by atoms with E-state index in [4.69, 9.17) is 10.8 Å². The van der Waals surface area contributed by atoms with E-state index in [0.717, 1.165) is 18.8 Å². The van der Waals surface area contributed by atoms with Gasteiger partial charge in [-0.05, 0) is 25.7 Å². The number of aliphatic imine (C=N–C) groups is 1. The van der Waals surface area contributed by atoms with E-state index >= 15 is 0 Å². The number of hydrogen-bond donors (Lipinski definition) is 3. The smallest absolute Gasteiger partial charge is 0.189 e. The zero-order valence-electron chi connectivity index (χ0n) is 12.1. The summed E-state index contributed by atoms with van der Waals surface area (Å²) in [6, 6.07) is 0.263. The van der Waals surface area contributed by atoms with Crippen LogP contribution in [0.1, 0.15) is 53.4 Å². The van der Waals surface area contributed by atoms with E-state index in [1.54, 1.807) is 0 Å². The topological polar surface area (TPSA) is 70.6 Å². The average molecular weight is 371 g/mol. The Morgan fingerprint density at radius 2 is 1.89 bits per heavy atom. The third kappa shape index (κ3) is 11.1. The van der Waals surface area contributed by atoms with Crippen molar-refractivity contribution >= 4 is 29.9 Å². The predicted octanol–water partition coefficient (Wildman–Crippen LogP) is 2.49. The number of guanidine groups is 1. The zero-order valence-corrected chi connectivity index (χ0v) is 14.5. The number of aliphatic hydroxyl groups is 1. The van der Waals surface area contributed by atoms with E-state index in [0.29, 0.717) is 12.0 Å². The second-order valence-electron chi connectivity index (χ2n) is 5.13. The molecule has 0 aromatic rings. The number of nitrogens with one attached hydrogen (secondary N) is 1. The van der Waals surface area contributed by atoms with Gasteiger partial charge in [0.15, 0.2) is 5.96 Å². The normalized spacial score (nSPS) is 15.1. The average Bonchev–Trinajstić information content (AvgIpc) is 2.25. The van der Waals surface area contributed by atoms with Crippen molar-refractivity contribution in [3.8, 4) is 0 Å². The quantitative estimate of drug-likeness (QED) is 0.349. The third-order valence-electron chi connectivity index (χ3n) is 2.82. The maximum atomic E-state index is 9.02. The lowest BCUT2D eigenvalue weighted by molar-refractivity contribution is 0.263. The highest BCUT2D eigenvalue weighted by molar-refractivity contribution is 14.0. The van der Waals surface area contributed by atoms with Gasteiger partial charge in [0.25, 0.3) is 0 Å². The standard InChI is InChI=1S/C13H29N3O.HI/c1-5-12(9-17)16-13(14)15-11(4)8-6-7-10(2)3;/h10-12,17H,5-9H2,1-4H3,(H3,14,15,16);1H/t11?,12-;/m1./s1. The Bertz CT molecular complexity index is 218. The van der Waals surface area contributed by atoms with Crippen LogP contribution in [-0.4, -0.2) is 29.8 Å². The number of aliphatic hydroxyl groups excluding tert-OH is 1. The minimum absolute atomic E-state index is 0. The molecule has 0 fully saturated rings. The van der Waals surface area contributed by atoms with Crippen LogP contribution in [0.15, 0.2) is 4.99 Å². The van der Waals surface area contributed by atoms with Crippen molar-refractivity contribution in [2.75, 3.05) is 6.61 Å². The van der Waals surface area contributed by atoms with Crippen LogP contribution in [0.5, 0.6) is 0 Å². The first-order valence-corrected chi connectivity index (χ1v) is 6.70. The van der Waals surface area contributed by atoms with Gasteiger partial charge in [-0.25, -0.2) is 4.99 Å². The molecule has 0 saturated carbocycles. The summed E-state index contributed by atoms with van der Waals surface area (Å²) in [5.41, 5.74) is 5.79. The first-order chi connectivity index (χ1) is 7.99. The van der Waals surface area contributed by atoms with Gasteiger partial charge < -0.3 is 16.2 Å². The number of rotatable bonds is 8. The summed E-state index contributed by atoms with van der Waals surface area (Å²) in [6.07, 6.45) is 4.36. The Kier molecular flexibility index (Phi) is 13.5. The molecule has 4 N–H and O–H groups in total. The maximum absolute atomic E-state index is 9.02. The number of nitrogens with two attached hydrogens (primary N) is 1. The minimum Gasteiger partial charge on any atom is -0.394 e. The van der Waals surface area contributed by atoms with Crippen molar-refractivity contribution in [1.29, 1.82) is 0 Å². The Morgan fingerprint density at radius 3 is 2.33 bits per heavy atom. The lowest BCUT2D eigenvalue weighted by Crippen LogP contribution is -2.39. The van der Waals surface area contributed by atoms with Crippen molar-refractivity contribution in [2.24, 2.45) is 16.6 Å². The molecule has 5 heteroatoms. The summed E-state index contributed by atoms with van der Waals surface area (Å²) in [7, 11) is 0. The zero-order chi connectivity index (χ0) is 13.3. The second kappa shape index (κ2) is 12.0. The van der Waals surface area contributed by atoms with Gasteiger partial charge in [0.05, 0.1) is 12.6 Å². The molecule has 0 aliphatic carbocycles. The lowest BCUT2D eigenvalue weighted by Gasteiger charge is -2.16. The first-order valence-electron chi connectivity index (χ1n) is 6.70. The van der Waals surface area contributed by atoms with Gasteiger partial charge in [-0.1, -0.05) is 33.6 Å². The molecule has 1 unspecified atom stereocenters. The molecule has 0 radical (unpaired) electrons. The molecule has 0 saturated heterocycles. The summed E-state index contributed by atoms with van der Waals surface area (Å²) in [5.74, 6) is 1.20. The molecular weight excluding hydrogens is 341 g/mol. The van der Waals surface area contributed by atoms with Crippen molar-refractivity contribution in [3.63, 3.8) is 0 Å². The van der Waals surface area contributed by atoms with Crippen LogP contribution >= 0.6 is 24.0 Å². The van der Waals surface area contributed by atoms with Crippen LogP contribution in [-0.2, 0) is 0 Å². The number of halogens is 1. The molecule has 18 heavy (non-hydrogen) atoms. The van der Waals surface area contributed by atoms with Crippen LogP contribution in [0.4, 0.5) is 0 Å². The highest BCUT2D eigenvalue weighted by Crippen LogP contribution is 2.08. The minimum atomic E-state index is -0.0784. The molecule has 0 aliphatic rings. The number of nitrogens with zero attached hydrogens (tertiary/aromatic N) is 1. The molecule has 4 nitrogen and oxygen atoms in total. The van der Waals surface area contributed by atoms with E-state index in [-0.39, 0.29) is 36.6 Å². The van der Waals surface area contributed by atoms with Crippen molar-refractivity contribution in [1.82, 2.24) is 5.32 Å². The largest absolute Gasteiger partial charge is 0.394 e. The molecule has 0 rings (SSSR count). The van der Waals surface area contributed by atoms with Gasteiger partial charge in [-0.15, -0.1) is 24.0 Å². The van der Waals surface area contributed by atoms with Gasteiger partial charge in [0.1, 0.15) is 0 Å². The van der Waals surface area contributed by atoms with Crippen LogP contribution in [0.3, 0.4) is 0 Å². The summed E-state index contributed by atoms with van der Waals surface area (Å²) >= 11 is 0. The van der Waals surface area contributed by atoms with Gasteiger partial charge in [-0.3, -0.25) is 0 Å². The highest BCUT2D eigenvalue weighted by Gasteiger charge is 2.06. The van der Waals surface area contributed by atoms with E-state index in [9.17, 15) is 0 Å². The lowest BCUT2D eigenvalue weighted by atomic mass is 10.0. The molecule has 0 amide bonds. The molecule has 0 aromatic heterocycles. The Hall–Kier alpha value is -0.0400. The maximum Gasteiger partial charge on any atom is 0.189 e. The Balaban J connectivity index is 0. The van der Waals surface area contributed by atoms with Gasteiger partial charge in [0, 0.05) is 6.04 Å². The van der Waals surface area contributed by atoms with Gasteiger partial charge >= 0.3 is 0 Å². The van der Waals surface area contributed by atoms with E-state index < -0.39 is 0 Å². The Morgan fingerprint density at radius 1 is 1.28 bits per heavy atom. The second-order valence-corrected chi connectivity index (χ2v) is 5.13. The van der Waals surface area contributed by atoms with Crippen LogP contribution in [0.25, 0.3) is 0 Å². The molecule has 110 valence electrons. The van der Waals surface area contributed by atoms with Gasteiger partial charge in [-0.2, -0.15) is 0 Å². The molecule has 0 bridgehead atoms. The summed E-state index contributed by atoms with van der Waals surface area (Å²) in [4.78, 5) is 4.23. The molecule has 0 aliphatic heterocycles. The fourth-order valence-corrected chi connectivity index (χ4v) is 1.65. The fraction of sp³-hybridized carbons (Fsp3) is 0.923. The fourth-order valence-electron chi connectivity index (χ4n) is 1.65. The van der Waals surface area contributed by atoms with Crippen molar-refractivity contribution in [2.45, 2.75) is 65.5 Å². The molecule has 0 heterocycles. The van der Waals surface area contributed by atoms with Crippen molar-refractivity contribution in [3.05, 3.63) is 0 Å². The SMILES string of the molecule is CC[C@H](CO)N=C(N)NC(C)CCCC(C)C.I. The molecular formula is C13H30IN3O. The van der Waals surface area contributed by atoms with Crippen LogP contribution in [0, 0.1) is 5.92 Å². The molecule has 0 aromatic carbocycles. The van der Waals surface area contributed by atoms with Crippen LogP contribution in [0.2, 0.25) is 0 Å². The number of hydrogen-bond acceptors (Lipinski definition) is 2. The van der Waals surface area contributed by atoms with Gasteiger partial charge in [0.2, 0.25) is 0 Å². The van der Waals surface area contributed by atoms with Crippen molar-refractivity contribution < 1.29 is 5.11 Å². The summed E-state index contributed by atoms with van der Waals surface area (Å²) in [5, 5.41) is 12.2. The first kappa shape index (κ1) is 20.3. The summed E-state index contributed by atoms with van der Waals surface area (Å²) in [6.45, 7) is 8.63. The highest BCUT2D eigenvalue weighted by atomic mass is 127. The van der Waals surface area contributed by atoms with E-state index in [1.165, 1.54) is 12.8 Å².